The Kier molecular flexibility index (Phi) is 7.44. The number of methoxy groups -OCH3 is 1. The molecule has 1 saturated heterocycles. The van der Waals surface area contributed by atoms with Gasteiger partial charge in [0.1, 0.15) is 5.75 Å². The van der Waals surface area contributed by atoms with E-state index in [1.54, 1.807) is 7.11 Å². The van der Waals surface area contributed by atoms with E-state index in [-0.39, 0.29) is 5.91 Å². The number of ether oxygens (including phenoxy) is 1. The fourth-order valence-corrected chi connectivity index (χ4v) is 5.45. The Balaban J connectivity index is 1.36. The van der Waals surface area contributed by atoms with Gasteiger partial charge < -0.3 is 4.74 Å². The Hall–Kier alpha value is -3.48. The molecule has 1 aliphatic rings. The highest BCUT2D eigenvalue weighted by Crippen LogP contribution is 2.29. The first-order valence-electron chi connectivity index (χ1n) is 12.4. The average Bonchev–Trinajstić information content (AvgIpc) is 3.31. The van der Waals surface area contributed by atoms with Crippen molar-refractivity contribution in [2.75, 3.05) is 25.5 Å². The molecule has 0 saturated carbocycles. The topological polar surface area (TPSA) is 54.5 Å². The van der Waals surface area contributed by atoms with Gasteiger partial charge in [-0.2, -0.15) is 0 Å². The van der Waals surface area contributed by atoms with Crippen molar-refractivity contribution < 1.29 is 9.53 Å². The molecule has 1 fully saturated rings. The van der Waals surface area contributed by atoms with Gasteiger partial charge in [0.15, 0.2) is 5.13 Å². The maximum absolute atomic E-state index is 13.4. The molecule has 1 N–H and O–H groups in total. The first-order valence-corrected chi connectivity index (χ1v) is 13.2. The van der Waals surface area contributed by atoms with E-state index in [9.17, 15) is 4.79 Å². The van der Waals surface area contributed by atoms with Crippen LogP contribution in [0, 0.1) is 5.92 Å². The van der Waals surface area contributed by atoms with Crippen LogP contribution in [0.4, 0.5) is 5.13 Å². The van der Waals surface area contributed by atoms with E-state index >= 15 is 0 Å². The number of piperidine rings is 1. The fraction of sp³-hybridized carbons (Fsp3) is 0.267. The fourth-order valence-electron chi connectivity index (χ4n) is 4.53. The van der Waals surface area contributed by atoms with E-state index in [0.717, 1.165) is 52.6 Å². The number of rotatable bonds is 7. The summed E-state index contributed by atoms with van der Waals surface area (Å²) in [5, 5.41) is 3.65. The highest BCUT2D eigenvalue weighted by molar-refractivity contribution is 7.22. The molecule has 0 radical (unpaired) electrons. The zero-order valence-corrected chi connectivity index (χ0v) is 21.6. The first kappa shape index (κ1) is 24.2. The normalized spacial score (nSPS) is 15.2. The minimum Gasteiger partial charge on any atom is -0.497 e. The summed E-state index contributed by atoms with van der Waals surface area (Å²) in [5.74, 6) is 1.43. The second kappa shape index (κ2) is 11.1. The zero-order valence-electron chi connectivity index (χ0n) is 20.7. The van der Waals surface area contributed by atoms with E-state index in [1.807, 2.05) is 60.7 Å². The predicted octanol–water partition coefficient (Wildman–Crippen LogP) is 6.72. The Bertz CT molecular complexity index is 1350. The van der Waals surface area contributed by atoms with Crippen molar-refractivity contribution in [2.45, 2.75) is 26.3 Å². The third kappa shape index (κ3) is 5.83. The van der Waals surface area contributed by atoms with Crippen LogP contribution in [0.5, 0.6) is 5.75 Å². The number of anilines is 1. The second-order valence-corrected chi connectivity index (χ2v) is 10.5. The lowest BCUT2D eigenvalue weighted by molar-refractivity contribution is -0.111. The summed E-state index contributed by atoms with van der Waals surface area (Å²) in [6.07, 6.45) is 4.44. The largest absolute Gasteiger partial charge is 0.497 e. The first-order chi connectivity index (χ1) is 17.6. The molecule has 3 aromatic carbocycles. The predicted molar refractivity (Wildman–Crippen MR) is 149 cm³/mol. The third-order valence-corrected chi connectivity index (χ3v) is 7.65. The van der Waals surface area contributed by atoms with Gasteiger partial charge in [0.25, 0.3) is 5.91 Å². The maximum atomic E-state index is 13.4. The van der Waals surface area contributed by atoms with E-state index < -0.39 is 0 Å². The van der Waals surface area contributed by atoms with Gasteiger partial charge >= 0.3 is 0 Å². The molecule has 5 rings (SSSR count). The molecule has 5 nitrogen and oxygen atoms in total. The van der Waals surface area contributed by atoms with Gasteiger partial charge in [0.05, 0.1) is 17.3 Å². The van der Waals surface area contributed by atoms with Crippen LogP contribution in [0.15, 0.2) is 72.8 Å². The van der Waals surface area contributed by atoms with Crippen LogP contribution in [-0.4, -0.2) is 36.0 Å². The molecule has 1 aromatic heterocycles. The molecule has 36 heavy (non-hydrogen) atoms. The van der Waals surface area contributed by atoms with Crippen molar-refractivity contribution >= 4 is 44.2 Å². The molecule has 0 spiro atoms. The van der Waals surface area contributed by atoms with Crippen molar-refractivity contribution in [3.63, 3.8) is 0 Å². The molecule has 184 valence electrons. The van der Waals surface area contributed by atoms with Gasteiger partial charge in [-0.15, -0.1) is 0 Å². The van der Waals surface area contributed by atoms with Gasteiger partial charge in [-0.25, -0.2) is 4.98 Å². The molecular weight excluding hydrogens is 466 g/mol. The number of nitrogens with zero attached hydrogens (tertiary/aromatic N) is 2. The number of benzene rings is 3. The lowest BCUT2D eigenvalue weighted by Gasteiger charge is -2.30. The molecule has 0 atom stereocenters. The molecule has 0 aliphatic carbocycles. The summed E-state index contributed by atoms with van der Waals surface area (Å²) in [6.45, 7) is 5.62. The van der Waals surface area contributed by atoms with Crippen molar-refractivity contribution in [2.24, 2.45) is 5.92 Å². The number of hydrogen-bond acceptors (Lipinski definition) is 5. The Morgan fingerprint density at radius 1 is 1.08 bits per heavy atom. The number of carbonyl (C=O) groups is 1. The summed E-state index contributed by atoms with van der Waals surface area (Å²) in [7, 11) is 1.64. The van der Waals surface area contributed by atoms with Gasteiger partial charge in [-0.3, -0.25) is 15.0 Å². The van der Waals surface area contributed by atoms with Crippen LogP contribution in [0.2, 0.25) is 0 Å². The number of aromatic nitrogens is 1. The summed E-state index contributed by atoms with van der Waals surface area (Å²) in [4.78, 5) is 20.6. The van der Waals surface area contributed by atoms with Crippen LogP contribution in [0.25, 0.3) is 21.9 Å². The van der Waals surface area contributed by atoms with Crippen LogP contribution >= 0.6 is 11.3 Å². The van der Waals surface area contributed by atoms with E-state index in [2.05, 4.69) is 40.3 Å². The molecule has 1 aliphatic heterocycles. The quantitative estimate of drug-likeness (QED) is 0.228. The molecule has 4 aromatic rings. The minimum atomic E-state index is -0.182. The molecule has 2 heterocycles. The molecule has 6 heteroatoms. The number of carbonyl (C=O) groups excluding carboxylic acids is 1. The van der Waals surface area contributed by atoms with Gasteiger partial charge in [-0.05, 0) is 78.9 Å². The van der Waals surface area contributed by atoms with Crippen LogP contribution in [-0.2, 0) is 11.3 Å². The number of hydrogen-bond donors (Lipinski definition) is 1. The number of fused-ring (bicyclic) bond motifs is 1. The van der Waals surface area contributed by atoms with Crippen LogP contribution < -0.4 is 10.1 Å². The number of amides is 1. The zero-order chi connectivity index (χ0) is 24.9. The second-order valence-electron chi connectivity index (χ2n) is 9.43. The molecule has 0 unspecified atom stereocenters. The monoisotopic (exact) mass is 497 g/mol. The van der Waals surface area contributed by atoms with Crippen LogP contribution in [0.1, 0.15) is 36.5 Å². The highest BCUT2D eigenvalue weighted by Gasteiger charge is 2.17. The number of thiazole rings is 1. The molecular formula is C30H31N3O2S. The van der Waals surface area contributed by atoms with Crippen molar-refractivity contribution in [1.29, 1.82) is 0 Å². The van der Waals surface area contributed by atoms with Gasteiger partial charge in [-0.1, -0.05) is 66.8 Å². The molecule has 0 bridgehead atoms. The summed E-state index contributed by atoms with van der Waals surface area (Å²) in [5.41, 5.74) is 4.56. The maximum Gasteiger partial charge on any atom is 0.258 e. The lowest BCUT2D eigenvalue weighted by atomic mass is 9.99. The molecule has 1 amide bonds. The Morgan fingerprint density at radius 3 is 2.56 bits per heavy atom. The van der Waals surface area contributed by atoms with E-state index in [1.165, 1.54) is 29.7 Å². The van der Waals surface area contributed by atoms with Crippen LogP contribution in [0.3, 0.4) is 0 Å². The van der Waals surface area contributed by atoms with E-state index in [0.29, 0.717) is 10.7 Å². The van der Waals surface area contributed by atoms with Gasteiger partial charge in [0, 0.05) is 12.1 Å². The van der Waals surface area contributed by atoms with Crippen molar-refractivity contribution in [3.8, 4) is 5.75 Å². The highest BCUT2D eigenvalue weighted by atomic mass is 32.1. The Labute approximate surface area is 216 Å². The summed E-state index contributed by atoms with van der Waals surface area (Å²) >= 11 is 1.52. The average molecular weight is 498 g/mol. The Morgan fingerprint density at radius 2 is 1.83 bits per heavy atom. The van der Waals surface area contributed by atoms with E-state index in [4.69, 9.17) is 4.74 Å². The summed E-state index contributed by atoms with van der Waals surface area (Å²) in [6, 6.07) is 23.8. The lowest BCUT2D eigenvalue weighted by Crippen LogP contribution is -2.32. The minimum absolute atomic E-state index is 0.182. The SMILES string of the molecule is COc1ccc(/C=C(/C(=O)Nc2nc3ccc(CN4CCC(C)CC4)cc3s2)c2ccccc2)cc1. The van der Waals surface area contributed by atoms with Crippen molar-refractivity contribution in [1.82, 2.24) is 9.88 Å². The smallest absolute Gasteiger partial charge is 0.258 e. The third-order valence-electron chi connectivity index (χ3n) is 6.71. The summed E-state index contributed by atoms with van der Waals surface area (Å²) < 4.78 is 6.35. The number of likely N-dealkylation sites (tertiary alicyclic amines) is 1. The standard InChI is InChI=1S/C30H31N3O2S/c1-21-14-16-33(17-15-21)20-23-10-13-27-28(19-23)36-30(31-27)32-29(34)26(24-6-4-3-5-7-24)18-22-8-11-25(35-2)12-9-22/h3-13,18-19,21H,14-17,20H2,1-2H3,(H,31,32,34)/b26-18+. The van der Waals surface area contributed by atoms with Gasteiger partial charge in [0.2, 0.25) is 0 Å². The van der Waals surface area contributed by atoms with Crippen molar-refractivity contribution in [3.05, 3.63) is 89.5 Å². The number of nitrogens with one attached hydrogen (secondary N) is 1.